The Morgan fingerprint density at radius 1 is 1.06 bits per heavy atom. The van der Waals surface area contributed by atoms with E-state index in [-0.39, 0.29) is 12.0 Å². The molecule has 0 spiro atoms. The lowest BCUT2D eigenvalue weighted by Gasteiger charge is -2.28. The summed E-state index contributed by atoms with van der Waals surface area (Å²) in [5, 5.41) is 17.1. The van der Waals surface area contributed by atoms with Crippen molar-refractivity contribution < 1.29 is 45.1 Å². The number of ketones is 1. The molecular weight excluding hydrogens is 489 g/mol. The SMILES string of the molecule is Nc1cc(C(F)(F)F)c2nc1-c1nnc(o1)C(O)(C(F)(F)F)c1cc(ccc1F)C=CCCC2=O. The third kappa shape index (κ3) is 4.13. The van der Waals surface area contributed by atoms with Crippen LogP contribution >= 0.6 is 0 Å². The molecule has 7 nitrogen and oxygen atoms in total. The molecule has 3 N–H and O–H groups in total. The molecule has 184 valence electrons. The minimum Gasteiger partial charge on any atom is -0.415 e. The van der Waals surface area contributed by atoms with Crippen LogP contribution in [0.1, 0.15) is 45.9 Å². The normalized spacial score (nSPS) is 18.8. The van der Waals surface area contributed by atoms with Crippen molar-refractivity contribution in [3.05, 3.63) is 64.4 Å². The average molecular weight is 502 g/mol. The number of allylic oxidation sites excluding steroid dienone is 1. The quantitative estimate of drug-likeness (QED) is 0.430. The van der Waals surface area contributed by atoms with Crippen LogP contribution in [0.5, 0.6) is 0 Å². The molecule has 0 saturated carbocycles. The van der Waals surface area contributed by atoms with Crippen molar-refractivity contribution in [3.63, 3.8) is 0 Å². The second kappa shape index (κ2) is 8.15. The van der Waals surface area contributed by atoms with Gasteiger partial charge < -0.3 is 15.3 Å². The van der Waals surface area contributed by atoms with Crippen LogP contribution in [0.25, 0.3) is 17.7 Å². The minimum absolute atomic E-state index is 0.00922. The van der Waals surface area contributed by atoms with Crippen LogP contribution in [0.15, 0.2) is 34.8 Å². The van der Waals surface area contributed by atoms with Gasteiger partial charge in [0.15, 0.2) is 11.5 Å². The van der Waals surface area contributed by atoms with Crippen LogP contribution in [0.4, 0.5) is 36.4 Å². The van der Waals surface area contributed by atoms with E-state index in [1.165, 1.54) is 12.2 Å². The van der Waals surface area contributed by atoms with E-state index in [0.717, 1.165) is 6.07 Å². The van der Waals surface area contributed by atoms with Crippen molar-refractivity contribution in [2.24, 2.45) is 0 Å². The molecule has 6 bridgehead atoms. The number of nitrogen functional groups attached to an aromatic ring is 1. The molecule has 0 saturated heterocycles. The Bertz CT molecular complexity index is 1350. The summed E-state index contributed by atoms with van der Waals surface area (Å²) < 4.78 is 102. The van der Waals surface area contributed by atoms with Gasteiger partial charge in [0.05, 0.1) is 11.3 Å². The highest BCUT2D eigenvalue weighted by Gasteiger charge is 2.61. The van der Waals surface area contributed by atoms with Gasteiger partial charge in [-0.1, -0.05) is 18.2 Å². The van der Waals surface area contributed by atoms with Crippen LogP contribution in [0, 0.1) is 5.82 Å². The predicted octanol–water partition coefficient (Wildman–Crippen LogP) is 4.66. The maximum atomic E-state index is 14.5. The fourth-order valence-electron chi connectivity index (χ4n) is 3.46. The summed E-state index contributed by atoms with van der Waals surface area (Å²) in [4.78, 5) is 16.1. The molecule has 1 aliphatic rings. The molecule has 14 heteroatoms. The number of hydrogen-bond acceptors (Lipinski definition) is 7. The van der Waals surface area contributed by atoms with Crippen LogP contribution in [-0.2, 0) is 11.8 Å². The average Bonchev–Trinajstić information content (AvgIpc) is 3.25. The summed E-state index contributed by atoms with van der Waals surface area (Å²) in [6, 6.07) is 2.83. The number of benzene rings is 1. The summed E-state index contributed by atoms with van der Waals surface area (Å²) in [6.07, 6.45) is -8.69. The summed E-state index contributed by atoms with van der Waals surface area (Å²) in [7, 11) is 0. The van der Waals surface area contributed by atoms with Gasteiger partial charge in [0.1, 0.15) is 11.5 Å². The molecule has 1 unspecified atom stereocenters. The molecule has 1 aromatic carbocycles. The van der Waals surface area contributed by atoms with Gasteiger partial charge in [-0.05, 0) is 30.2 Å². The number of carbonyl (C=O) groups excluding carboxylic acids is 1. The number of halogens is 7. The first kappa shape index (κ1) is 24.3. The first-order chi connectivity index (χ1) is 16.2. The number of nitrogens with zero attached hydrogens (tertiary/aromatic N) is 3. The first-order valence-electron chi connectivity index (χ1n) is 9.74. The Hall–Kier alpha value is -3.81. The van der Waals surface area contributed by atoms with Gasteiger partial charge in [-0.15, -0.1) is 10.2 Å². The Kier molecular flexibility index (Phi) is 5.66. The number of carbonyl (C=O) groups is 1. The zero-order valence-electron chi connectivity index (χ0n) is 17.2. The Balaban J connectivity index is 2.03. The van der Waals surface area contributed by atoms with Crippen LogP contribution < -0.4 is 5.73 Å². The minimum atomic E-state index is -5.58. The lowest BCUT2D eigenvalue weighted by atomic mass is 9.90. The number of nitrogens with two attached hydrogens (primary N) is 1. The number of aliphatic hydroxyl groups is 1. The predicted molar refractivity (Wildman–Crippen MR) is 105 cm³/mol. The third-order valence-electron chi connectivity index (χ3n) is 5.20. The third-order valence-corrected chi connectivity index (χ3v) is 5.20. The van der Waals surface area contributed by atoms with Crippen LogP contribution in [-0.4, -0.2) is 32.2 Å². The van der Waals surface area contributed by atoms with E-state index in [0.29, 0.717) is 18.2 Å². The molecule has 1 aliphatic heterocycles. The Morgan fingerprint density at radius 3 is 2.43 bits per heavy atom. The Morgan fingerprint density at radius 2 is 1.77 bits per heavy atom. The molecule has 4 rings (SSSR count). The van der Waals surface area contributed by atoms with E-state index in [2.05, 4.69) is 15.2 Å². The lowest BCUT2D eigenvalue weighted by molar-refractivity contribution is -0.256. The topological polar surface area (TPSA) is 115 Å². The van der Waals surface area contributed by atoms with Crippen molar-refractivity contribution >= 4 is 17.5 Å². The number of pyridine rings is 1. The van der Waals surface area contributed by atoms with Crippen molar-refractivity contribution in [1.29, 1.82) is 0 Å². The standard InChI is InChI=1S/C21H13F7N4O3/c22-12-6-5-9-3-1-2-4-14(33)15-11(20(23,24)25)8-13(29)16(30-15)17-31-32-18(35-17)19(34,10(12)7-9)21(26,27)28/h1,3,5-8,34H,2,4,29H2. The molecule has 0 aliphatic carbocycles. The van der Waals surface area contributed by atoms with E-state index >= 15 is 0 Å². The van der Waals surface area contributed by atoms with E-state index in [1.807, 2.05) is 0 Å². The second-order valence-corrected chi connectivity index (χ2v) is 7.54. The van der Waals surface area contributed by atoms with Gasteiger partial charge in [0, 0.05) is 12.0 Å². The molecule has 3 heterocycles. The number of rotatable bonds is 0. The lowest BCUT2D eigenvalue weighted by Crippen LogP contribution is -2.44. The van der Waals surface area contributed by atoms with Crippen molar-refractivity contribution in [2.75, 3.05) is 5.73 Å². The maximum absolute atomic E-state index is 14.5. The largest absolute Gasteiger partial charge is 0.430 e. The van der Waals surface area contributed by atoms with Gasteiger partial charge in [0.25, 0.3) is 17.4 Å². The van der Waals surface area contributed by atoms with Gasteiger partial charge >= 0.3 is 12.4 Å². The van der Waals surface area contributed by atoms with Crippen molar-refractivity contribution in [1.82, 2.24) is 15.2 Å². The molecule has 3 aromatic rings. The van der Waals surface area contributed by atoms with Crippen LogP contribution in [0.3, 0.4) is 0 Å². The van der Waals surface area contributed by atoms with Gasteiger partial charge in [-0.2, -0.15) is 26.3 Å². The number of Topliss-reactive ketones (excluding diaryl/α,β-unsaturated/α-hetero) is 1. The van der Waals surface area contributed by atoms with E-state index in [4.69, 9.17) is 10.2 Å². The fraction of sp³-hybridized carbons (Fsp3) is 0.238. The zero-order chi connectivity index (χ0) is 25.8. The van der Waals surface area contributed by atoms with Crippen LogP contribution in [0.2, 0.25) is 0 Å². The molecule has 1 atom stereocenters. The number of aromatic nitrogens is 3. The van der Waals surface area contributed by atoms with Crippen molar-refractivity contribution in [2.45, 2.75) is 30.8 Å². The fourth-order valence-corrected chi connectivity index (χ4v) is 3.46. The van der Waals surface area contributed by atoms with Crippen molar-refractivity contribution in [3.8, 4) is 11.6 Å². The highest BCUT2D eigenvalue weighted by Crippen LogP contribution is 2.46. The summed E-state index contributed by atoms with van der Waals surface area (Å²) in [6.45, 7) is 0. The maximum Gasteiger partial charge on any atom is 0.430 e. The zero-order valence-corrected chi connectivity index (χ0v) is 17.2. The van der Waals surface area contributed by atoms with Gasteiger partial charge in [-0.3, -0.25) is 4.79 Å². The smallest absolute Gasteiger partial charge is 0.415 e. The highest BCUT2D eigenvalue weighted by atomic mass is 19.4. The highest BCUT2D eigenvalue weighted by molar-refractivity contribution is 5.97. The second-order valence-electron chi connectivity index (χ2n) is 7.54. The summed E-state index contributed by atoms with van der Waals surface area (Å²) in [5.74, 6) is -4.95. The monoisotopic (exact) mass is 502 g/mol. The van der Waals surface area contributed by atoms with Gasteiger partial charge in [0.2, 0.25) is 0 Å². The molecule has 0 fully saturated rings. The Labute approximate surface area is 191 Å². The molecule has 35 heavy (non-hydrogen) atoms. The molecule has 0 radical (unpaired) electrons. The number of anilines is 1. The van der Waals surface area contributed by atoms with E-state index in [9.17, 15) is 40.6 Å². The summed E-state index contributed by atoms with van der Waals surface area (Å²) in [5.41, 5.74) is -3.77. The summed E-state index contributed by atoms with van der Waals surface area (Å²) >= 11 is 0. The molecule has 0 amide bonds. The number of alkyl halides is 6. The number of fused-ring (bicyclic) bond motifs is 7. The number of hydrogen-bond donors (Lipinski definition) is 2. The molecule has 2 aromatic heterocycles. The van der Waals surface area contributed by atoms with E-state index < -0.39 is 76.0 Å². The molecular formula is C21H13F7N4O3. The van der Waals surface area contributed by atoms with E-state index in [1.54, 1.807) is 0 Å². The first-order valence-corrected chi connectivity index (χ1v) is 9.74. The van der Waals surface area contributed by atoms with Gasteiger partial charge in [-0.25, -0.2) is 9.37 Å².